The summed E-state index contributed by atoms with van der Waals surface area (Å²) in [6.45, 7) is 3.56. The van der Waals surface area contributed by atoms with E-state index >= 15 is 0 Å². The Morgan fingerprint density at radius 3 is 2.12 bits per heavy atom. The van der Waals surface area contributed by atoms with Crippen LogP contribution in [-0.4, -0.2) is 6.18 Å². The van der Waals surface area contributed by atoms with Gasteiger partial charge in [-0.2, -0.15) is 13.2 Å². The van der Waals surface area contributed by atoms with Crippen molar-refractivity contribution < 1.29 is 26.3 Å². The van der Waals surface area contributed by atoms with Crippen LogP contribution in [-0.2, 0) is 6.42 Å². The molecular formula is C19H12F6. The third-order valence-electron chi connectivity index (χ3n) is 3.35. The molecular weight excluding hydrogens is 342 g/mol. The van der Waals surface area contributed by atoms with Crippen molar-refractivity contribution in [2.75, 3.05) is 0 Å². The number of benzene rings is 2. The van der Waals surface area contributed by atoms with Crippen molar-refractivity contribution in [3.63, 3.8) is 0 Å². The summed E-state index contributed by atoms with van der Waals surface area (Å²) in [5, 5.41) is 0. The summed E-state index contributed by atoms with van der Waals surface area (Å²) >= 11 is 0. The van der Waals surface area contributed by atoms with Crippen LogP contribution in [0.1, 0.15) is 17.5 Å². The average molecular weight is 354 g/mol. The summed E-state index contributed by atoms with van der Waals surface area (Å²) in [4.78, 5) is 0. The van der Waals surface area contributed by atoms with Gasteiger partial charge >= 0.3 is 6.18 Å². The van der Waals surface area contributed by atoms with Gasteiger partial charge in [-0.15, -0.1) is 6.58 Å². The molecule has 0 amide bonds. The van der Waals surface area contributed by atoms with E-state index in [0.717, 1.165) is 18.1 Å². The highest BCUT2D eigenvalue weighted by Gasteiger charge is 2.23. The van der Waals surface area contributed by atoms with E-state index in [1.165, 1.54) is 18.1 Å². The van der Waals surface area contributed by atoms with Crippen LogP contribution < -0.4 is 0 Å². The Kier molecular flexibility index (Phi) is 5.58. The zero-order valence-corrected chi connectivity index (χ0v) is 12.9. The van der Waals surface area contributed by atoms with Gasteiger partial charge in [-0.3, -0.25) is 0 Å². The van der Waals surface area contributed by atoms with Gasteiger partial charge in [0, 0.05) is 11.5 Å². The minimum absolute atomic E-state index is 0.0597. The Labute approximate surface area is 140 Å². The number of alkyl halides is 3. The zero-order chi connectivity index (χ0) is 18.6. The first kappa shape index (κ1) is 18.7. The minimum Gasteiger partial charge on any atom is -0.206 e. The van der Waals surface area contributed by atoms with E-state index in [4.69, 9.17) is 0 Å². The summed E-state index contributed by atoms with van der Waals surface area (Å²) in [6, 6.07) is 5.72. The fourth-order valence-corrected chi connectivity index (χ4v) is 2.20. The Morgan fingerprint density at radius 1 is 0.960 bits per heavy atom. The zero-order valence-electron chi connectivity index (χ0n) is 12.9. The first-order valence-corrected chi connectivity index (χ1v) is 7.20. The van der Waals surface area contributed by atoms with E-state index < -0.39 is 29.2 Å². The number of aryl methyl sites for hydroxylation is 1. The fraction of sp³-hybridized carbons (Fsp3) is 0.158. The Bertz CT molecular complexity index is 829. The van der Waals surface area contributed by atoms with Gasteiger partial charge in [0.05, 0.1) is 5.56 Å². The molecule has 0 fully saturated rings. The Balaban J connectivity index is 2.41. The molecule has 0 atom stereocenters. The summed E-state index contributed by atoms with van der Waals surface area (Å²) in [5.41, 5.74) is -0.505. The lowest BCUT2D eigenvalue weighted by Crippen LogP contribution is -2.02. The molecule has 130 valence electrons. The lowest BCUT2D eigenvalue weighted by atomic mass is 9.99. The summed E-state index contributed by atoms with van der Waals surface area (Å²) in [7, 11) is 0. The SMILES string of the molecule is C=CCCc1ccc(-c2cc(F)c(C#CC(F)(F)F)c(F)c2)c(F)c1. The standard InChI is InChI=1S/C19H12F6/c1-2-3-4-12-5-6-14(16(20)9-12)13-10-17(21)15(18(22)11-13)7-8-19(23,24)25/h2,5-6,9-11H,1,3-4H2. The maximum absolute atomic E-state index is 14.2. The highest BCUT2D eigenvalue weighted by molar-refractivity contribution is 5.66. The highest BCUT2D eigenvalue weighted by atomic mass is 19.4. The summed E-state index contributed by atoms with van der Waals surface area (Å²) < 4.78 is 78.2. The van der Waals surface area contributed by atoms with Gasteiger partial charge < -0.3 is 0 Å². The first-order chi connectivity index (χ1) is 11.7. The quantitative estimate of drug-likeness (QED) is 0.370. The van der Waals surface area contributed by atoms with Gasteiger partial charge in [-0.25, -0.2) is 13.2 Å². The van der Waals surface area contributed by atoms with E-state index in [-0.39, 0.29) is 11.1 Å². The monoisotopic (exact) mass is 354 g/mol. The molecule has 0 aliphatic heterocycles. The molecule has 6 heteroatoms. The summed E-state index contributed by atoms with van der Waals surface area (Å²) in [6.07, 6.45) is -1.98. The molecule has 0 N–H and O–H groups in total. The molecule has 0 saturated heterocycles. The van der Waals surface area contributed by atoms with Crippen molar-refractivity contribution >= 4 is 0 Å². The van der Waals surface area contributed by atoms with E-state index in [1.54, 1.807) is 12.1 Å². The van der Waals surface area contributed by atoms with Crippen LogP contribution in [0.15, 0.2) is 43.0 Å². The predicted octanol–water partition coefficient (Wildman–Crippen LogP) is 5.80. The maximum atomic E-state index is 14.2. The molecule has 0 nitrogen and oxygen atoms in total. The number of hydrogen-bond acceptors (Lipinski definition) is 0. The molecule has 0 saturated carbocycles. The van der Waals surface area contributed by atoms with Crippen LogP contribution in [0.4, 0.5) is 26.3 Å². The lowest BCUT2D eigenvalue weighted by molar-refractivity contribution is -0.0696. The molecule has 0 spiro atoms. The van der Waals surface area contributed by atoms with Gasteiger partial charge in [-0.1, -0.05) is 24.1 Å². The van der Waals surface area contributed by atoms with Crippen LogP contribution in [0.25, 0.3) is 11.1 Å². The summed E-state index contributed by atoms with van der Waals surface area (Å²) in [5.74, 6) is -1.04. The van der Waals surface area contributed by atoms with Crippen LogP contribution in [0.5, 0.6) is 0 Å². The van der Waals surface area contributed by atoms with Crippen LogP contribution in [0.3, 0.4) is 0 Å². The van der Waals surface area contributed by atoms with Gasteiger partial charge in [0.1, 0.15) is 17.5 Å². The van der Waals surface area contributed by atoms with Crippen molar-refractivity contribution in [2.45, 2.75) is 19.0 Å². The van der Waals surface area contributed by atoms with Crippen molar-refractivity contribution in [3.8, 4) is 23.0 Å². The van der Waals surface area contributed by atoms with Gasteiger partial charge in [-0.05, 0) is 42.2 Å². The molecule has 0 aliphatic carbocycles. The second-order valence-corrected chi connectivity index (χ2v) is 5.20. The fourth-order valence-electron chi connectivity index (χ4n) is 2.20. The van der Waals surface area contributed by atoms with Gasteiger partial charge in [0.2, 0.25) is 0 Å². The lowest BCUT2D eigenvalue weighted by Gasteiger charge is -2.08. The molecule has 0 bridgehead atoms. The largest absolute Gasteiger partial charge is 0.458 e. The third-order valence-corrected chi connectivity index (χ3v) is 3.35. The van der Waals surface area contributed by atoms with Crippen LogP contribution >= 0.6 is 0 Å². The molecule has 0 unspecified atom stereocenters. The molecule has 2 aromatic carbocycles. The Hall–Kier alpha value is -2.68. The predicted molar refractivity (Wildman–Crippen MR) is 83.2 cm³/mol. The highest BCUT2D eigenvalue weighted by Crippen LogP contribution is 2.27. The normalized spacial score (nSPS) is 11.0. The van der Waals surface area contributed by atoms with Crippen LogP contribution in [0, 0.1) is 29.3 Å². The molecule has 2 rings (SSSR count). The van der Waals surface area contributed by atoms with Gasteiger partial charge in [0.25, 0.3) is 0 Å². The molecule has 2 aromatic rings. The second-order valence-electron chi connectivity index (χ2n) is 5.20. The minimum atomic E-state index is -4.87. The first-order valence-electron chi connectivity index (χ1n) is 7.20. The van der Waals surface area contributed by atoms with E-state index in [1.807, 2.05) is 0 Å². The second kappa shape index (κ2) is 7.47. The van der Waals surface area contributed by atoms with Gasteiger partial charge in [0.15, 0.2) is 0 Å². The van der Waals surface area contributed by atoms with Crippen molar-refractivity contribution in [1.82, 2.24) is 0 Å². The van der Waals surface area contributed by atoms with Crippen molar-refractivity contribution in [1.29, 1.82) is 0 Å². The molecule has 25 heavy (non-hydrogen) atoms. The van der Waals surface area contributed by atoms with Crippen LogP contribution in [0.2, 0.25) is 0 Å². The maximum Gasteiger partial charge on any atom is 0.458 e. The number of rotatable bonds is 4. The van der Waals surface area contributed by atoms with Crippen molar-refractivity contribution in [2.24, 2.45) is 0 Å². The van der Waals surface area contributed by atoms with Crippen molar-refractivity contribution in [3.05, 3.63) is 71.6 Å². The Morgan fingerprint density at radius 2 is 1.60 bits per heavy atom. The average Bonchev–Trinajstić information content (AvgIpc) is 2.51. The number of hydrogen-bond donors (Lipinski definition) is 0. The topological polar surface area (TPSA) is 0 Å². The number of halogens is 6. The number of allylic oxidation sites excluding steroid dienone is 1. The molecule has 0 aliphatic rings. The van der Waals surface area contributed by atoms with E-state index in [0.29, 0.717) is 18.4 Å². The molecule has 0 radical (unpaired) electrons. The molecule has 0 heterocycles. The molecule has 0 aromatic heterocycles. The smallest absolute Gasteiger partial charge is 0.206 e. The third kappa shape index (κ3) is 4.90. The van der Waals surface area contributed by atoms with E-state index in [9.17, 15) is 26.3 Å². The van der Waals surface area contributed by atoms with E-state index in [2.05, 4.69) is 6.58 Å².